The van der Waals surface area contributed by atoms with Crippen molar-refractivity contribution in [3.63, 3.8) is 0 Å². The van der Waals surface area contributed by atoms with Gasteiger partial charge in [-0.3, -0.25) is 4.79 Å². The summed E-state index contributed by atoms with van der Waals surface area (Å²) in [6.45, 7) is 8.14. The highest BCUT2D eigenvalue weighted by Gasteiger charge is 2.31. The average molecular weight is 304 g/mol. The second-order valence-corrected chi connectivity index (χ2v) is 7.12. The number of hydrogen-bond acceptors (Lipinski definition) is 5. The summed E-state index contributed by atoms with van der Waals surface area (Å²) in [4.78, 5) is 14.2. The van der Waals surface area contributed by atoms with E-state index in [9.17, 15) is 4.79 Å². The molecule has 3 rings (SSSR count). The van der Waals surface area contributed by atoms with Crippen LogP contribution in [-0.2, 0) is 14.9 Å². The van der Waals surface area contributed by atoms with E-state index in [1.807, 2.05) is 12.1 Å². The van der Waals surface area contributed by atoms with E-state index in [-0.39, 0.29) is 11.3 Å². The predicted octanol–water partition coefficient (Wildman–Crippen LogP) is 1.26. The van der Waals surface area contributed by atoms with Crippen molar-refractivity contribution in [2.75, 3.05) is 24.6 Å². The number of morpholine rings is 1. The van der Waals surface area contributed by atoms with Crippen LogP contribution in [0, 0.1) is 0 Å². The van der Waals surface area contributed by atoms with E-state index >= 15 is 0 Å². The number of rotatable bonds is 3. The Bertz CT molecular complexity index is 534. The Morgan fingerprint density at radius 2 is 2.09 bits per heavy atom. The summed E-state index contributed by atoms with van der Waals surface area (Å²) in [5, 5.41) is 11.6. The molecule has 1 aliphatic carbocycles. The molecule has 0 radical (unpaired) electrons. The van der Waals surface area contributed by atoms with Gasteiger partial charge in [-0.25, -0.2) is 0 Å². The number of anilines is 1. The van der Waals surface area contributed by atoms with Crippen LogP contribution in [-0.4, -0.2) is 47.9 Å². The molecule has 1 saturated heterocycles. The minimum absolute atomic E-state index is 0.00790. The first-order valence-electron chi connectivity index (χ1n) is 7.94. The Morgan fingerprint density at radius 1 is 1.32 bits per heavy atom. The highest BCUT2D eigenvalue weighted by molar-refractivity contribution is 5.82. The number of nitrogens with one attached hydrogen (secondary N) is 1. The van der Waals surface area contributed by atoms with E-state index in [4.69, 9.17) is 4.74 Å². The molecule has 1 aliphatic heterocycles. The summed E-state index contributed by atoms with van der Waals surface area (Å²) in [6.07, 6.45) is 1.75. The van der Waals surface area contributed by atoms with Gasteiger partial charge in [0.15, 0.2) is 11.9 Å². The third-order valence-corrected chi connectivity index (χ3v) is 4.03. The summed E-state index contributed by atoms with van der Waals surface area (Å²) in [7, 11) is 0. The molecule has 0 spiro atoms. The van der Waals surface area contributed by atoms with E-state index < -0.39 is 6.10 Å². The third kappa shape index (κ3) is 3.55. The van der Waals surface area contributed by atoms with Crippen molar-refractivity contribution in [1.29, 1.82) is 0 Å². The number of amides is 1. The molecule has 22 heavy (non-hydrogen) atoms. The molecular weight excluding hydrogens is 280 g/mol. The standard InChI is InChI=1S/C16H24N4O2/c1-16(2,3)13-6-7-14(19-18-13)20-8-9-22-12(10-20)15(21)17-11-4-5-11/h6-7,11-12H,4-5,8-10H2,1-3H3,(H,17,21). The van der Waals surface area contributed by atoms with Gasteiger partial charge in [-0.1, -0.05) is 20.8 Å². The van der Waals surface area contributed by atoms with Gasteiger partial charge in [-0.15, -0.1) is 5.10 Å². The zero-order valence-corrected chi connectivity index (χ0v) is 13.5. The predicted molar refractivity (Wildman–Crippen MR) is 83.8 cm³/mol. The molecule has 2 heterocycles. The highest BCUT2D eigenvalue weighted by Crippen LogP contribution is 2.22. The number of carbonyl (C=O) groups is 1. The maximum absolute atomic E-state index is 12.1. The molecule has 1 unspecified atom stereocenters. The van der Waals surface area contributed by atoms with Gasteiger partial charge in [-0.05, 0) is 25.0 Å². The van der Waals surface area contributed by atoms with Crippen molar-refractivity contribution in [2.24, 2.45) is 0 Å². The fourth-order valence-corrected chi connectivity index (χ4v) is 2.43. The first-order chi connectivity index (χ1) is 10.4. The average Bonchev–Trinajstić information content (AvgIpc) is 3.30. The Labute approximate surface area is 131 Å². The Balaban J connectivity index is 1.64. The number of carbonyl (C=O) groups excluding carboxylic acids is 1. The first kappa shape index (κ1) is 15.2. The molecule has 6 heteroatoms. The van der Waals surface area contributed by atoms with E-state index in [0.717, 1.165) is 30.9 Å². The maximum atomic E-state index is 12.1. The van der Waals surface area contributed by atoms with Gasteiger partial charge in [0.2, 0.25) is 0 Å². The van der Waals surface area contributed by atoms with Gasteiger partial charge >= 0.3 is 0 Å². The minimum Gasteiger partial charge on any atom is -0.365 e. The van der Waals surface area contributed by atoms with Crippen LogP contribution in [0.4, 0.5) is 5.82 Å². The molecule has 6 nitrogen and oxygen atoms in total. The van der Waals surface area contributed by atoms with Crippen LogP contribution in [0.3, 0.4) is 0 Å². The van der Waals surface area contributed by atoms with Crippen LogP contribution in [0.2, 0.25) is 0 Å². The zero-order chi connectivity index (χ0) is 15.7. The fourth-order valence-electron chi connectivity index (χ4n) is 2.43. The highest BCUT2D eigenvalue weighted by atomic mass is 16.5. The van der Waals surface area contributed by atoms with E-state index in [2.05, 4.69) is 41.2 Å². The first-order valence-corrected chi connectivity index (χ1v) is 7.94. The summed E-state index contributed by atoms with van der Waals surface area (Å²) in [5.41, 5.74) is 0.955. The number of aromatic nitrogens is 2. The molecule has 1 aromatic heterocycles. The lowest BCUT2D eigenvalue weighted by Gasteiger charge is -2.32. The van der Waals surface area contributed by atoms with Crippen molar-refractivity contribution in [2.45, 2.75) is 51.2 Å². The lowest BCUT2D eigenvalue weighted by atomic mass is 9.92. The lowest BCUT2D eigenvalue weighted by molar-refractivity contribution is -0.133. The third-order valence-electron chi connectivity index (χ3n) is 4.03. The molecule has 1 atom stereocenters. The van der Waals surface area contributed by atoms with E-state index in [1.54, 1.807) is 0 Å². The van der Waals surface area contributed by atoms with Crippen LogP contribution in [0.5, 0.6) is 0 Å². The molecule has 1 saturated carbocycles. The summed E-state index contributed by atoms with van der Waals surface area (Å²) >= 11 is 0. The maximum Gasteiger partial charge on any atom is 0.251 e. The molecule has 2 aliphatic rings. The Hall–Kier alpha value is -1.69. The van der Waals surface area contributed by atoms with Crippen molar-refractivity contribution in [3.05, 3.63) is 17.8 Å². The Morgan fingerprint density at radius 3 is 2.68 bits per heavy atom. The van der Waals surface area contributed by atoms with Crippen LogP contribution < -0.4 is 10.2 Å². The van der Waals surface area contributed by atoms with Crippen LogP contribution >= 0.6 is 0 Å². The fraction of sp³-hybridized carbons (Fsp3) is 0.688. The molecular formula is C16H24N4O2. The Kier molecular flexibility index (Phi) is 4.04. The second kappa shape index (κ2) is 5.83. The molecule has 1 aromatic rings. The number of ether oxygens (including phenoxy) is 1. The zero-order valence-electron chi connectivity index (χ0n) is 13.5. The number of nitrogens with zero attached hydrogens (tertiary/aromatic N) is 3. The van der Waals surface area contributed by atoms with Crippen molar-refractivity contribution in [3.8, 4) is 0 Å². The van der Waals surface area contributed by atoms with Crippen LogP contribution in [0.25, 0.3) is 0 Å². The summed E-state index contributed by atoms with van der Waals surface area (Å²) in [6, 6.07) is 4.35. The summed E-state index contributed by atoms with van der Waals surface area (Å²) in [5.74, 6) is 0.798. The van der Waals surface area contributed by atoms with Crippen molar-refractivity contribution < 1.29 is 9.53 Å². The van der Waals surface area contributed by atoms with Crippen molar-refractivity contribution >= 4 is 11.7 Å². The monoisotopic (exact) mass is 304 g/mol. The van der Waals surface area contributed by atoms with Gasteiger partial charge in [0, 0.05) is 18.0 Å². The minimum atomic E-state index is -0.418. The van der Waals surface area contributed by atoms with Gasteiger partial charge in [0.1, 0.15) is 0 Å². The molecule has 120 valence electrons. The number of hydrogen-bond donors (Lipinski definition) is 1. The van der Waals surface area contributed by atoms with Gasteiger partial charge in [-0.2, -0.15) is 5.10 Å². The van der Waals surface area contributed by atoms with Gasteiger partial charge in [0.25, 0.3) is 5.91 Å². The largest absolute Gasteiger partial charge is 0.365 e. The smallest absolute Gasteiger partial charge is 0.251 e. The molecule has 2 fully saturated rings. The summed E-state index contributed by atoms with van der Waals surface area (Å²) < 4.78 is 5.60. The molecule has 1 N–H and O–H groups in total. The van der Waals surface area contributed by atoms with E-state index in [0.29, 0.717) is 19.2 Å². The molecule has 0 bridgehead atoms. The molecule has 1 amide bonds. The van der Waals surface area contributed by atoms with Gasteiger partial charge < -0.3 is 15.0 Å². The van der Waals surface area contributed by atoms with Crippen molar-refractivity contribution in [1.82, 2.24) is 15.5 Å². The normalized spacial score (nSPS) is 22.5. The quantitative estimate of drug-likeness (QED) is 0.910. The lowest BCUT2D eigenvalue weighted by Crippen LogP contribution is -2.50. The second-order valence-electron chi connectivity index (χ2n) is 7.12. The van der Waals surface area contributed by atoms with E-state index in [1.165, 1.54) is 0 Å². The SMILES string of the molecule is CC(C)(C)c1ccc(N2CCOC(C(=O)NC3CC3)C2)nn1. The van der Waals surface area contributed by atoms with Gasteiger partial charge in [0.05, 0.1) is 18.8 Å². The van der Waals surface area contributed by atoms with Crippen LogP contribution in [0.15, 0.2) is 12.1 Å². The molecule has 0 aromatic carbocycles. The van der Waals surface area contributed by atoms with Crippen LogP contribution in [0.1, 0.15) is 39.3 Å². The topological polar surface area (TPSA) is 67.3 Å².